The first-order chi connectivity index (χ1) is 20.0. The third-order valence-corrected chi connectivity index (χ3v) is 8.42. The highest BCUT2D eigenvalue weighted by Gasteiger charge is 2.32. The predicted molar refractivity (Wildman–Crippen MR) is 162 cm³/mol. The minimum atomic E-state index is -0.0771. The predicted octanol–water partition coefficient (Wildman–Crippen LogP) is 4.42. The second kappa shape index (κ2) is 13.9. The molecule has 2 heterocycles. The number of rotatable bonds is 9. The highest BCUT2D eigenvalue weighted by molar-refractivity contribution is 5.94. The Morgan fingerprint density at radius 2 is 1.63 bits per heavy atom. The molecule has 1 amide bonds. The van der Waals surface area contributed by atoms with Gasteiger partial charge in [-0.05, 0) is 60.8 Å². The molecular formula is C34H42N4O3. The normalized spacial score (nSPS) is 19.9. The summed E-state index contributed by atoms with van der Waals surface area (Å²) in [6.45, 7) is 9.81. The van der Waals surface area contributed by atoms with E-state index in [1.54, 1.807) is 6.07 Å². The Hall–Kier alpha value is -3.52. The van der Waals surface area contributed by atoms with Gasteiger partial charge < -0.3 is 19.7 Å². The lowest BCUT2D eigenvalue weighted by molar-refractivity contribution is -0.108. The largest absolute Gasteiger partial charge is 0.508 e. The Kier molecular flexibility index (Phi) is 9.83. The molecule has 7 nitrogen and oxygen atoms in total. The summed E-state index contributed by atoms with van der Waals surface area (Å²) >= 11 is 0. The first-order valence-electron chi connectivity index (χ1n) is 14.9. The summed E-state index contributed by atoms with van der Waals surface area (Å²) in [5, 5.41) is 10.4. The van der Waals surface area contributed by atoms with E-state index in [1.807, 2.05) is 29.2 Å². The van der Waals surface area contributed by atoms with Crippen LogP contribution >= 0.6 is 0 Å². The highest BCUT2D eigenvalue weighted by Crippen LogP contribution is 2.34. The molecule has 0 saturated carbocycles. The van der Waals surface area contributed by atoms with Gasteiger partial charge in [-0.15, -0.1) is 0 Å². The van der Waals surface area contributed by atoms with Gasteiger partial charge in [-0.3, -0.25) is 14.6 Å². The Labute approximate surface area is 244 Å². The molecule has 1 N–H and O–H groups in total. The summed E-state index contributed by atoms with van der Waals surface area (Å²) in [4.78, 5) is 33.7. The van der Waals surface area contributed by atoms with E-state index >= 15 is 0 Å². The number of carbonyl (C=O) groups excluding carboxylic acids is 2. The molecule has 2 saturated heterocycles. The van der Waals surface area contributed by atoms with Gasteiger partial charge in [0.25, 0.3) is 5.91 Å². The molecule has 3 aromatic rings. The van der Waals surface area contributed by atoms with Crippen molar-refractivity contribution in [3.05, 3.63) is 101 Å². The lowest BCUT2D eigenvalue weighted by atomic mass is 9.93. The minimum absolute atomic E-state index is 0.0551. The van der Waals surface area contributed by atoms with Crippen LogP contribution < -0.4 is 0 Å². The molecule has 2 aliphatic rings. The zero-order chi connectivity index (χ0) is 28.6. The number of hydrogen-bond acceptors (Lipinski definition) is 6. The van der Waals surface area contributed by atoms with Crippen LogP contribution in [0.2, 0.25) is 0 Å². The number of aldehydes is 1. The monoisotopic (exact) mass is 554 g/mol. The molecule has 2 unspecified atom stereocenters. The number of aromatic hydroxyl groups is 1. The molecule has 41 heavy (non-hydrogen) atoms. The first-order valence-corrected chi connectivity index (χ1v) is 14.9. The molecule has 0 aliphatic carbocycles. The molecule has 0 bridgehead atoms. The molecular weight excluding hydrogens is 512 g/mol. The van der Waals surface area contributed by atoms with Gasteiger partial charge in [0.2, 0.25) is 0 Å². The standard InChI is InChI=1S/C34H42N4O3/c1-27-25-36(26-28-9-3-2-4-10-28)19-21-38(27)33(30-12-6-14-32(40)24-30)29-11-5-13-31(23-29)34(41)37-17-7-15-35(18-20-37)16-8-22-39/h2-6,9-14,22-24,27,33,40H,7-8,15-21,25-26H2,1H3. The van der Waals surface area contributed by atoms with Crippen molar-refractivity contribution in [3.8, 4) is 5.75 Å². The quantitative estimate of drug-likeness (QED) is 0.395. The first kappa shape index (κ1) is 29.0. The molecule has 2 fully saturated rings. The van der Waals surface area contributed by atoms with E-state index in [9.17, 15) is 14.7 Å². The summed E-state index contributed by atoms with van der Waals surface area (Å²) in [5.74, 6) is 0.304. The van der Waals surface area contributed by atoms with Gasteiger partial charge >= 0.3 is 0 Å². The van der Waals surface area contributed by atoms with Crippen molar-refractivity contribution in [3.63, 3.8) is 0 Å². The number of amides is 1. The van der Waals surface area contributed by atoms with Crippen molar-refractivity contribution < 1.29 is 14.7 Å². The minimum Gasteiger partial charge on any atom is -0.508 e. The van der Waals surface area contributed by atoms with Gasteiger partial charge in [0.1, 0.15) is 12.0 Å². The number of phenols is 1. The Balaban J connectivity index is 1.36. The van der Waals surface area contributed by atoms with Gasteiger partial charge in [-0.1, -0.05) is 54.6 Å². The van der Waals surface area contributed by atoms with Crippen molar-refractivity contribution in [2.75, 3.05) is 52.4 Å². The molecule has 216 valence electrons. The van der Waals surface area contributed by atoms with Crippen molar-refractivity contribution in [1.82, 2.24) is 19.6 Å². The smallest absolute Gasteiger partial charge is 0.253 e. The van der Waals surface area contributed by atoms with Crippen LogP contribution in [-0.4, -0.2) is 95.3 Å². The number of hydrogen-bond donors (Lipinski definition) is 1. The number of phenolic OH excluding ortho intramolecular Hbond substituents is 1. The maximum absolute atomic E-state index is 13.7. The number of piperazine rings is 1. The van der Waals surface area contributed by atoms with Gasteiger partial charge in [-0.2, -0.15) is 0 Å². The van der Waals surface area contributed by atoms with Gasteiger partial charge in [0.15, 0.2) is 0 Å². The maximum atomic E-state index is 13.7. The van der Waals surface area contributed by atoms with Crippen LogP contribution in [0.4, 0.5) is 0 Å². The van der Waals surface area contributed by atoms with Crippen molar-refractivity contribution >= 4 is 12.2 Å². The average molecular weight is 555 g/mol. The van der Waals surface area contributed by atoms with Crippen LogP contribution in [0.25, 0.3) is 0 Å². The van der Waals surface area contributed by atoms with Crippen molar-refractivity contribution in [1.29, 1.82) is 0 Å². The zero-order valence-corrected chi connectivity index (χ0v) is 24.1. The Morgan fingerprint density at radius 1 is 0.878 bits per heavy atom. The highest BCUT2D eigenvalue weighted by atomic mass is 16.3. The van der Waals surface area contributed by atoms with Crippen LogP contribution in [0.5, 0.6) is 5.75 Å². The zero-order valence-electron chi connectivity index (χ0n) is 24.1. The summed E-state index contributed by atoms with van der Waals surface area (Å²) < 4.78 is 0. The molecule has 7 heteroatoms. The molecule has 2 atom stereocenters. The topological polar surface area (TPSA) is 67.3 Å². The second-order valence-electron chi connectivity index (χ2n) is 11.4. The molecule has 2 aliphatic heterocycles. The number of nitrogens with zero attached hydrogens (tertiary/aromatic N) is 4. The van der Waals surface area contributed by atoms with Gasteiger partial charge in [0, 0.05) is 70.4 Å². The van der Waals surface area contributed by atoms with Crippen LogP contribution in [0.3, 0.4) is 0 Å². The van der Waals surface area contributed by atoms with E-state index < -0.39 is 0 Å². The number of benzene rings is 3. The second-order valence-corrected chi connectivity index (χ2v) is 11.4. The third-order valence-electron chi connectivity index (χ3n) is 8.42. The van der Waals surface area contributed by atoms with E-state index in [2.05, 4.69) is 70.2 Å². The Bertz CT molecular complexity index is 1300. The van der Waals surface area contributed by atoms with E-state index in [0.29, 0.717) is 18.5 Å². The number of carbonyl (C=O) groups is 2. The van der Waals surface area contributed by atoms with Gasteiger partial charge in [-0.25, -0.2) is 0 Å². The van der Waals surface area contributed by atoms with E-state index in [-0.39, 0.29) is 23.7 Å². The van der Waals surface area contributed by atoms with Crippen molar-refractivity contribution in [2.24, 2.45) is 0 Å². The summed E-state index contributed by atoms with van der Waals surface area (Å²) in [5.41, 5.74) is 4.11. The van der Waals surface area contributed by atoms with Gasteiger partial charge in [0.05, 0.1) is 6.04 Å². The SMILES string of the molecule is CC1CN(Cc2ccccc2)CCN1C(c1cccc(O)c1)c1cccc(C(=O)N2CCCN(CCC=O)CC2)c1. The van der Waals surface area contributed by atoms with Crippen LogP contribution in [0.1, 0.15) is 52.9 Å². The third kappa shape index (κ3) is 7.41. The van der Waals surface area contributed by atoms with E-state index in [4.69, 9.17) is 0 Å². The van der Waals surface area contributed by atoms with Crippen LogP contribution in [0, 0.1) is 0 Å². The Morgan fingerprint density at radius 3 is 2.39 bits per heavy atom. The van der Waals surface area contributed by atoms with Crippen molar-refractivity contribution in [2.45, 2.75) is 38.4 Å². The lowest BCUT2D eigenvalue weighted by Crippen LogP contribution is -2.52. The fourth-order valence-corrected chi connectivity index (χ4v) is 6.34. The fraction of sp³-hybridized carbons (Fsp3) is 0.412. The summed E-state index contributed by atoms with van der Waals surface area (Å²) in [7, 11) is 0. The van der Waals surface area contributed by atoms with Crippen LogP contribution in [0.15, 0.2) is 78.9 Å². The summed E-state index contributed by atoms with van der Waals surface area (Å²) in [6.07, 6.45) is 2.40. The molecule has 5 rings (SSSR count). The fourth-order valence-electron chi connectivity index (χ4n) is 6.34. The summed E-state index contributed by atoms with van der Waals surface area (Å²) in [6, 6.07) is 26.4. The maximum Gasteiger partial charge on any atom is 0.253 e. The molecule has 0 radical (unpaired) electrons. The van der Waals surface area contributed by atoms with Crippen LogP contribution in [-0.2, 0) is 11.3 Å². The van der Waals surface area contributed by atoms with E-state index in [1.165, 1.54) is 5.56 Å². The molecule has 3 aromatic carbocycles. The lowest BCUT2D eigenvalue weighted by Gasteiger charge is -2.44. The van der Waals surface area contributed by atoms with E-state index in [0.717, 1.165) is 76.2 Å². The molecule has 0 aromatic heterocycles. The average Bonchev–Trinajstić information content (AvgIpc) is 3.23. The molecule has 0 spiro atoms.